The molecule has 0 aliphatic heterocycles. The van der Waals surface area contributed by atoms with Crippen molar-refractivity contribution in [3.8, 4) is 11.1 Å². The molecule has 1 aliphatic carbocycles. The van der Waals surface area contributed by atoms with Crippen LogP contribution in [0.15, 0.2) is 48.5 Å². The van der Waals surface area contributed by atoms with E-state index in [2.05, 4.69) is 76.2 Å². The number of aryl methyl sites for hydroxylation is 1. The van der Waals surface area contributed by atoms with Gasteiger partial charge in [0.15, 0.2) is 0 Å². The van der Waals surface area contributed by atoms with Gasteiger partial charge in [-0.1, -0.05) is 48.5 Å². The highest BCUT2D eigenvalue weighted by Gasteiger charge is 2.31. The van der Waals surface area contributed by atoms with Gasteiger partial charge in [0.05, 0.1) is 9.26 Å². The van der Waals surface area contributed by atoms with Crippen LogP contribution in [0.3, 0.4) is 0 Å². The minimum atomic E-state index is 0.0691. The van der Waals surface area contributed by atoms with E-state index in [1.807, 2.05) is 11.6 Å². The fourth-order valence-corrected chi connectivity index (χ4v) is 3.49. The number of hydrogen-bond donors (Lipinski definition) is 1. The Kier molecular flexibility index (Phi) is 2.82. The summed E-state index contributed by atoms with van der Waals surface area (Å²) in [7, 11) is 0. The summed E-state index contributed by atoms with van der Waals surface area (Å²) in [5, 5.41) is 4.67. The second-order valence-electron chi connectivity index (χ2n) is 5.31. The molecule has 0 radical (unpaired) electrons. The van der Waals surface area contributed by atoms with Gasteiger partial charge in [-0.15, -0.1) is 0 Å². The number of nitrogens with zero attached hydrogens (tertiary/aromatic N) is 2. The van der Waals surface area contributed by atoms with Crippen LogP contribution in [0.25, 0.3) is 11.1 Å². The van der Waals surface area contributed by atoms with Crippen LogP contribution in [0.4, 0.5) is 5.82 Å². The van der Waals surface area contributed by atoms with Crippen molar-refractivity contribution in [2.24, 2.45) is 0 Å². The van der Waals surface area contributed by atoms with E-state index in [1.54, 1.807) is 0 Å². The first-order chi connectivity index (χ1) is 10.2. The van der Waals surface area contributed by atoms with Gasteiger partial charge in [-0.25, -0.2) is 4.68 Å². The lowest BCUT2D eigenvalue weighted by Crippen LogP contribution is -2.14. The lowest BCUT2D eigenvalue weighted by atomic mass is 10.1. The van der Waals surface area contributed by atoms with Gasteiger partial charge in [0, 0.05) is 0 Å². The summed E-state index contributed by atoms with van der Waals surface area (Å²) >= 11 is 2.27. The van der Waals surface area contributed by atoms with E-state index in [-0.39, 0.29) is 6.04 Å². The molecule has 0 fully saturated rings. The van der Waals surface area contributed by atoms with Crippen LogP contribution in [0.5, 0.6) is 0 Å². The van der Waals surface area contributed by atoms with Crippen LogP contribution in [-0.2, 0) is 0 Å². The topological polar surface area (TPSA) is 43.8 Å². The summed E-state index contributed by atoms with van der Waals surface area (Å²) in [5.74, 6) is 0.740. The fraction of sp³-hybridized carbons (Fsp3) is 0.118. The summed E-state index contributed by atoms with van der Waals surface area (Å²) in [5.41, 5.74) is 12.4. The van der Waals surface area contributed by atoms with Gasteiger partial charge < -0.3 is 5.73 Å². The van der Waals surface area contributed by atoms with Crippen molar-refractivity contribution in [3.05, 3.63) is 68.9 Å². The van der Waals surface area contributed by atoms with E-state index in [0.717, 1.165) is 15.1 Å². The molecule has 4 rings (SSSR count). The molecule has 3 nitrogen and oxygen atoms in total. The summed E-state index contributed by atoms with van der Waals surface area (Å²) < 4.78 is 3.00. The van der Waals surface area contributed by atoms with Gasteiger partial charge in [0.2, 0.25) is 0 Å². The Morgan fingerprint density at radius 3 is 2.00 bits per heavy atom. The summed E-state index contributed by atoms with van der Waals surface area (Å²) in [4.78, 5) is 0. The number of nitrogen functional groups attached to an aromatic ring is 1. The van der Waals surface area contributed by atoms with Crippen molar-refractivity contribution in [3.63, 3.8) is 0 Å². The third-order valence-electron chi connectivity index (χ3n) is 4.09. The number of benzene rings is 2. The molecule has 0 atom stereocenters. The first-order valence-electron chi connectivity index (χ1n) is 6.87. The Balaban J connectivity index is 2.03. The quantitative estimate of drug-likeness (QED) is 0.502. The van der Waals surface area contributed by atoms with Crippen molar-refractivity contribution in [1.82, 2.24) is 9.78 Å². The number of nitrogens with two attached hydrogens (primary N) is 1. The molecule has 1 aromatic heterocycles. The second kappa shape index (κ2) is 4.59. The van der Waals surface area contributed by atoms with E-state index in [9.17, 15) is 0 Å². The number of fused-ring (bicyclic) bond motifs is 3. The zero-order valence-corrected chi connectivity index (χ0v) is 13.7. The average Bonchev–Trinajstić information content (AvgIpc) is 2.97. The Morgan fingerprint density at radius 1 is 1.00 bits per heavy atom. The van der Waals surface area contributed by atoms with Crippen molar-refractivity contribution in [2.45, 2.75) is 13.0 Å². The molecular weight excluding hydrogens is 373 g/mol. The maximum Gasteiger partial charge on any atom is 0.136 e. The number of rotatable bonds is 1. The molecule has 0 amide bonds. The third-order valence-corrected chi connectivity index (χ3v) is 5.43. The molecule has 1 aliphatic rings. The third kappa shape index (κ3) is 1.75. The second-order valence-corrected chi connectivity index (χ2v) is 6.38. The maximum absolute atomic E-state index is 6.29. The van der Waals surface area contributed by atoms with Gasteiger partial charge in [-0.2, -0.15) is 5.10 Å². The smallest absolute Gasteiger partial charge is 0.136 e. The number of anilines is 1. The minimum absolute atomic E-state index is 0.0691. The summed E-state index contributed by atoms with van der Waals surface area (Å²) in [6.45, 7) is 2.00. The molecule has 21 heavy (non-hydrogen) atoms. The van der Waals surface area contributed by atoms with E-state index in [1.165, 1.54) is 22.3 Å². The molecular formula is C17H14IN3. The van der Waals surface area contributed by atoms with Crippen molar-refractivity contribution >= 4 is 28.4 Å². The molecule has 0 unspecified atom stereocenters. The zero-order chi connectivity index (χ0) is 14.6. The number of halogens is 1. The molecule has 104 valence electrons. The SMILES string of the molecule is Cc1nn(C2c3ccccc3-c3ccccc32)c(N)c1I. The highest BCUT2D eigenvalue weighted by Crippen LogP contribution is 2.46. The molecule has 2 N–H and O–H groups in total. The Bertz CT molecular complexity index is 805. The van der Waals surface area contributed by atoms with Crippen LogP contribution in [0.1, 0.15) is 22.9 Å². The molecule has 0 saturated heterocycles. The predicted molar refractivity (Wildman–Crippen MR) is 93.2 cm³/mol. The van der Waals surface area contributed by atoms with Crippen LogP contribution in [0.2, 0.25) is 0 Å². The van der Waals surface area contributed by atoms with Gasteiger partial charge in [-0.3, -0.25) is 0 Å². The largest absolute Gasteiger partial charge is 0.383 e. The van der Waals surface area contributed by atoms with Gasteiger partial charge in [-0.05, 0) is 51.8 Å². The predicted octanol–water partition coefficient (Wildman–Crippen LogP) is 4.00. The summed E-state index contributed by atoms with van der Waals surface area (Å²) in [6.07, 6.45) is 0. The zero-order valence-electron chi connectivity index (χ0n) is 11.5. The Hall–Kier alpha value is -1.82. The van der Waals surface area contributed by atoms with Crippen molar-refractivity contribution in [1.29, 1.82) is 0 Å². The lowest BCUT2D eigenvalue weighted by molar-refractivity contribution is 0.610. The maximum atomic E-state index is 6.29. The van der Waals surface area contributed by atoms with Gasteiger partial charge in [0.1, 0.15) is 11.9 Å². The first kappa shape index (κ1) is 12.9. The van der Waals surface area contributed by atoms with Crippen molar-refractivity contribution < 1.29 is 0 Å². The number of hydrogen-bond acceptors (Lipinski definition) is 2. The lowest BCUT2D eigenvalue weighted by Gasteiger charge is -2.16. The molecule has 0 saturated carbocycles. The van der Waals surface area contributed by atoms with Crippen LogP contribution < -0.4 is 5.73 Å². The average molecular weight is 387 g/mol. The number of aromatic nitrogens is 2. The fourth-order valence-electron chi connectivity index (χ4n) is 3.13. The van der Waals surface area contributed by atoms with Crippen LogP contribution >= 0.6 is 22.6 Å². The van der Waals surface area contributed by atoms with Gasteiger partial charge >= 0.3 is 0 Å². The standard InChI is InChI=1S/C17H14IN3/c1-10-15(18)17(19)21(20-10)16-13-8-4-2-6-11(13)12-7-3-5-9-14(12)16/h2-9,16H,19H2,1H3. The van der Waals surface area contributed by atoms with Gasteiger partial charge in [0.25, 0.3) is 0 Å². The van der Waals surface area contributed by atoms with E-state index >= 15 is 0 Å². The molecule has 1 heterocycles. The molecule has 3 aromatic rings. The summed E-state index contributed by atoms with van der Waals surface area (Å²) in [6, 6.07) is 17.1. The molecule has 4 heteroatoms. The molecule has 0 bridgehead atoms. The molecule has 0 spiro atoms. The monoisotopic (exact) mass is 387 g/mol. The van der Waals surface area contributed by atoms with E-state index < -0.39 is 0 Å². The molecule has 2 aromatic carbocycles. The van der Waals surface area contributed by atoms with Crippen LogP contribution in [0, 0.1) is 10.5 Å². The first-order valence-corrected chi connectivity index (χ1v) is 7.94. The van der Waals surface area contributed by atoms with E-state index in [4.69, 9.17) is 5.73 Å². The van der Waals surface area contributed by atoms with Crippen molar-refractivity contribution in [2.75, 3.05) is 5.73 Å². The highest BCUT2D eigenvalue weighted by molar-refractivity contribution is 14.1. The minimum Gasteiger partial charge on any atom is -0.383 e. The Labute approximate surface area is 136 Å². The van der Waals surface area contributed by atoms with Crippen LogP contribution in [-0.4, -0.2) is 9.78 Å². The normalized spacial score (nSPS) is 13.2. The van der Waals surface area contributed by atoms with E-state index in [0.29, 0.717) is 0 Å². The Morgan fingerprint density at radius 2 is 1.52 bits per heavy atom. The highest BCUT2D eigenvalue weighted by atomic mass is 127.